The lowest BCUT2D eigenvalue weighted by atomic mass is 10.00. The van der Waals surface area contributed by atoms with Crippen molar-refractivity contribution in [2.45, 2.75) is 25.7 Å². The van der Waals surface area contributed by atoms with Crippen molar-refractivity contribution in [3.05, 3.63) is 73.8 Å². The zero-order valence-corrected chi connectivity index (χ0v) is 14.5. The van der Waals surface area contributed by atoms with Gasteiger partial charge in [0, 0.05) is 48.9 Å². The van der Waals surface area contributed by atoms with Crippen molar-refractivity contribution in [3.63, 3.8) is 0 Å². The highest BCUT2D eigenvalue weighted by atomic mass is 19.4. The lowest BCUT2D eigenvalue weighted by Crippen LogP contribution is -2.33. The summed E-state index contributed by atoms with van der Waals surface area (Å²) in [5.74, 6) is 0.682. The van der Waals surface area contributed by atoms with Crippen molar-refractivity contribution < 1.29 is 17.7 Å². The number of hydrogen-bond acceptors (Lipinski definition) is 5. The highest BCUT2D eigenvalue weighted by Gasteiger charge is 2.31. The molecule has 0 spiro atoms. The normalized spacial score (nSPS) is 14.8. The van der Waals surface area contributed by atoms with Gasteiger partial charge in [-0.3, -0.25) is 14.7 Å². The third kappa shape index (κ3) is 3.50. The van der Waals surface area contributed by atoms with Crippen molar-refractivity contribution in [3.8, 4) is 11.3 Å². The standard InChI is InChI=1S/C18H15F3N4O3/c19-18(20,21)12-3-1-10(2-4-12)15-13-9-25(6-5-14(13)28-24-15)8-11-7-22-17(27)23-16(11)26/h1-4,7H,5-6,8-9H2,(H2,22,23,26,27). The number of aromatic nitrogens is 3. The molecule has 1 aliphatic heterocycles. The molecule has 0 unspecified atom stereocenters. The van der Waals surface area contributed by atoms with Crippen molar-refractivity contribution in [1.82, 2.24) is 20.0 Å². The zero-order valence-electron chi connectivity index (χ0n) is 14.5. The zero-order chi connectivity index (χ0) is 19.9. The Kier molecular flexibility index (Phi) is 4.42. The number of nitrogens with zero attached hydrogens (tertiary/aromatic N) is 2. The quantitative estimate of drug-likeness (QED) is 0.713. The van der Waals surface area contributed by atoms with E-state index in [0.717, 1.165) is 17.7 Å². The van der Waals surface area contributed by atoms with Gasteiger partial charge in [0.15, 0.2) is 0 Å². The Balaban J connectivity index is 1.58. The Morgan fingerprint density at radius 3 is 2.61 bits per heavy atom. The fraction of sp³-hybridized carbons (Fsp3) is 0.278. The average Bonchev–Trinajstić information content (AvgIpc) is 3.07. The van der Waals surface area contributed by atoms with Gasteiger partial charge in [0.1, 0.15) is 11.5 Å². The van der Waals surface area contributed by atoms with E-state index in [1.165, 1.54) is 18.3 Å². The summed E-state index contributed by atoms with van der Waals surface area (Å²) in [6.45, 7) is 1.35. The van der Waals surface area contributed by atoms with Crippen LogP contribution < -0.4 is 11.2 Å². The van der Waals surface area contributed by atoms with Crippen LogP contribution >= 0.6 is 0 Å². The third-order valence-corrected chi connectivity index (χ3v) is 4.68. The number of aromatic amines is 2. The number of benzene rings is 1. The fourth-order valence-electron chi connectivity index (χ4n) is 3.24. The Morgan fingerprint density at radius 2 is 1.93 bits per heavy atom. The first-order valence-electron chi connectivity index (χ1n) is 8.49. The van der Waals surface area contributed by atoms with Gasteiger partial charge in [-0.2, -0.15) is 13.2 Å². The van der Waals surface area contributed by atoms with Gasteiger partial charge >= 0.3 is 11.9 Å². The molecule has 4 rings (SSSR count). The summed E-state index contributed by atoms with van der Waals surface area (Å²) < 4.78 is 43.6. The Labute approximate surface area is 155 Å². The second kappa shape index (κ2) is 6.79. The third-order valence-electron chi connectivity index (χ3n) is 4.68. The molecular formula is C18H15F3N4O3. The molecule has 2 N–H and O–H groups in total. The van der Waals surface area contributed by atoms with Crippen molar-refractivity contribution >= 4 is 0 Å². The Morgan fingerprint density at radius 1 is 1.18 bits per heavy atom. The minimum absolute atomic E-state index is 0.309. The number of H-pyrrole nitrogens is 2. The maximum absolute atomic E-state index is 12.8. The predicted octanol–water partition coefficient (Wildman–Crippen LogP) is 2.30. The predicted molar refractivity (Wildman–Crippen MR) is 92.4 cm³/mol. The van der Waals surface area contributed by atoms with Crippen LogP contribution in [0.2, 0.25) is 0 Å². The topological polar surface area (TPSA) is 95.0 Å². The summed E-state index contributed by atoms with van der Waals surface area (Å²) in [6, 6.07) is 4.76. The molecule has 2 aromatic heterocycles. The van der Waals surface area contributed by atoms with Crippen LogP contribution in [0.5, 0.6) is 0 Å². The van der Waals surface area contributed by atoms with E-state index in [-0.39, 0.29) is 0 Å². The molecule has 0 radical (unpaired) electrons. The molecule has 0 atom stereocenters. The average molecular weight is 392 g/mol. The molecule has 1 aliphatic rings. The molecule has 0 bridgehead atoms. The van der Waals surface area contributed by atoms with Crippen LogP contribution in [0.15, 0.2) is 44.6 Å². The first-order chi connectivity index (χ1) is 13.3. The van der Waals surface area contributed by atoms with E-state index in [9.17, 15) is 22.8 Å². The van der Waals surface area contributed by atoms with Crippen molar-refractivity contribution in [1.29, 1.82) is 0 Å². The number of hydrogen-bond donors (Lipinski definition) is 2. The highest BCUT2D eigenvalue weighted by Crippen LogP contribution is 2.33. The summed E-state index contributed by atoms with van der Waals surface area (Å²) in [4.78, 5) is 29.6. The number of halogens is 3. The lowest BCUT2D eigenvalue weighted by Gasteiger charge is -2.25. The molecular weight excluding hydrogens is 377 g/mol. The van der Waals surface area contributed by atoms with Gasteiger partial charge in [-0.1, -0.05) is 17.3 Å². The van der Waals surface area contributed by atoms with Crippen LogP contribution in [0, 0.1) is 0 Å². The van der Waals surface area contributed by atoms with Crippen LogP contribution in [0.3, 0.4) is 0 Å². The maximum Gasteiger partial charge on any atom is 0.416 e. The highest BCUT2D eigenvalue weighted by molar-refractivity contribution is 5.64. The number of fused-ring (bicyclic) bond motifs is 1. The van der Waals surface area contributed by atoms with E-state index in [2.05, 4.69) is 15.1 Å². The van der Waals surface area contributed by atoms with Crippen LogP contribution in [-0.2, 0) is 25.7 Å². The molecule has 0 saturated carbocycles. The van der Waals surface area contributed by atoms with E-state index in [1.807, 2.05) is 4.90 Å². The SMILES string of the molecule is O=c1[nH]cc(CN2CCc3onc(-c4ccc(C(F)(F)F)cc4)c3C2)c(=O)[nH]1. The van der Waals surface area contributed by atoms with Gasteiger partial charge in [-0.15, -0.1) is 0 Å². The molecule has 1 aromatic carbocycles. The summed E-state index contributed by atoms with van der Waals surface area (Å²) in [5.41, 5.74) is 0.460. The summed E-state index contributed by atoms with van der Waals surface area (Å²) in [7, 11) is 0. The van der Waals surface area contributed by atoms with Crippen LogP contribution in [0.25, 0.3) is 11.3 Å². The fourth-order valence-corrected chi connectivity index (χ4v) is 3.24. The number of rotatable bonds is 3. The first-order valence-corrected chi connectivity index (χ1v) is 8.49. The molecule has 0 fully saturated rings. The first kappa shape index (κ1) is 18.2. The van der Waals surface area contributed by atoms with E-state index in [4.69, 9.17) is 4.52 Å². The van der Waals surface area contributed by atoms with Crippen LogP contribution in [0.4, 0.5) is 13.2 Å². The molecule has 3 aromatic rings. The molecule has 0 amide bonds. The second-order valence-corrected chi connectivity index (χ2v) is 6.57. The van der Waals surface area contributed by atoms with Gasteiger partial charge < -0.3 is 9.51 Å². The Hall–Kier alpha value is -3.14. The van der Waals surface area contributed by atoms with Crippen LogP contribution in [0.1, 0.15) is 22.5 Å². The van der Waals surface area contributed by atoms with Gasteiger partial charge in [0.25, 0.3) is 5.56 Å². The summed E-state index contributed by atoms with van der Waals surface area (Å²) in [6.07, 6.45) is -2.46. The van der Waals surface area contributed by atoms with Gasteiger partial charge in [-0.25, -0.2) is 4.79 Å². The van der Waals surface area contributed by atoms with E-state index < -0.39 is 23.0 Å². The molecule has 7 nitrogen and oxygen atoms in total. The second-order valence-electron chi connectivity index (χ2n) is 6.57. The van der Waals surface area contributed by atoms with Crippen molar-refractivity contribution in [2.75, 3.05) is 6.54 Å². The van der Waals surface area contributed by atoms with Gasteiger partial charge in [0.2, 0.25) is 0 Å². The minimum atomic E-state index is -4.40. The maximum atomic E-state index is 12.8. The monoisotopic (exact) mass is 392 g/mol. The number of alkyl halides is 3. The lowest BCUT2D eigenvalue weighted by molar-refractivity contribution is -0.137. The molecule has 0 aliphatic carbocycles. The summed E-state index contributed by atoms with van der Waals surface area (Å²) >= 11 is 0. The summed E-state index contributed by atoms with van der Waals surface area (Å²) in [5, 5.41) is 4.03. The Bertz CT molecular complexity index is 1110. The minimum Gasteiger partial charge on any atom is -0.360 e. The van der Waals surface area contributed by atoms with E-state index in [0.29, 0.717) is 48.6 Å². The molecule has 10 heteroatoms. The van der Waals surface area contributed by atoms with Gasteiger partial charge in [-0.05, 0) is 12.1 Å². The molecule has 3 heterocycles. The smallest absolute Gasteiger partial charge is 0.360 e. The molecule has 146 valence electrons. The number of nitrogens with one attached hydrogen (secondary N) is 2. The van der Waals surface area contributed by atoms with E-state index in [1.54, 1.807) is 0 Å². The van der Waals surface area contributed by atoms with Crippen molar-refractivity contribution in [2.24, 2.45) is 0 Å². The largest absolute Gasteiger partial charge is 0.416 e. The molecule has 28 heavy (non-hydrogen) atoms. The van der Waals surface area contributed by atoms with Gasteiger partial charge in [0.05, 0.1) is 5.56 Å². The molecule has 0 saturated heterocycles. The van der Waals surface area contributed by atoms with Crippen LogP contribution in [-0.4, -0.2) is 26.6 Å². The van der Waals surface area contributed by atoms with E-state index >= 15 is 0 Å².